The van der Waals surface area contributed by atoms with Crippen LogP contribution in [0.25, 0.3) is 10.9 Å². The van der Waals surface area contributed by atoms with Gasteiger partial charge in [0.2, 0.25) is 0 Å². The van der Waals surface area contributed by atoms with E-state index in [1.54, 1.807) is 6.33 Å². The second kappa shape index (κ2) is 5.60. The Hall–Kier alpha value is -1.92. The Labute approximate surface area is 117 Å². The molecule has 0 amide bonds. The maximum absolute atomic E-state index is 5.84. The quantitative estimate of drug-likeness (QED) is 0.811. The van der Waals surface area contributed by atoms with E-state index >= 15 is 0 Å². The SMILES string of the molecule is CN1CCOC(CNc2ncnc3ccc(N)cc23)C1. The zero-order valence-corrected chi connectivity index (χ0v) is 11.5. The average molecular weight is 273 g/mol. The number of benzene rings is 1. The Balaban J connectivity index is 1.75. The van der Waals surface area contributed by atoms with Crippen LogP contribution in [0.1, 0.15) is 0 Å². The highest BCUT2D eigenvalue weighted by atomic mass is 16.5. The van der Waals surface area contributed by atoms with Gasteiger partial charge in [0.1, 0.15) is 12.1 Å². The van der Waals surface area contributed by atoms with Crippen molar-refractivity contribution in [1.82, 2.24) is 14.9 Å². The molecule has 2 heterocycles. The molecule has 0 saturated carbocycles. The van der Waals surface area contributed by atoms with Crippen molar-refractivity contribution < 1.29 is 4.74 Å². The topological polar surface area (TPSA) is 76.3 Å². The van der Waals surface area contributed by atoms with Crippen LogP contribution in [0.5, 0.6) is 0 Å². The van der Waals surface area contributed by atoms with Crippen molar-refractivity contribution in [3.8, 4) is 0 Å². The highest BCUT2D eigenvalue weighted by Crippen LogP contribution is 2.21. The van der Waals surface area contributed by atoms with Gasteiger partial charge in [-0.1, -0.05) is 0 Å². The van der Waals surface area contributed by atoms with E-state index in [0.717, 1.165) is 43.0 Å². The number of likely N-dealkylation sites (N-methyl/N-ethyl adjacent to an activating group) is 1. The van der Waals surface area contributed by atoms with Crippen LogP contribution in [-0.4, -0.2) is 54.3 Å². The molecule has 2 aromatic rings. The number of morpholine rings is 1. The van der Waals surface area contributed by atoms with Gasteiger partial charge in [-0.05, 0) is 25.2 Å². The molecule has 1 aliphatic rings. The fourth-order valence-corrected chi connectivity index (χ4v) is 2.42. The molecule has 1 aliphatic heterocycles. The van der Waals surface area contributed by atoms with Crippen LogP contribution < -0.4 is 11.1 Å². The molecule has 1 aromatic carbocycles. The summed E-state index contributed by atoms with van der Waals surface area (Å²) < 4.78 is 5.73. The van der Waals surface area contributed by atoms with Gasteiger partial charge in [0.05, 0.1) is 18.2 Å². The highest BCUT2D eigenvalue weighted by molar-refractivity contribution is 5.91. The number of nitrogens with zero attached hydrogens (tertiary/aromatic N) is 3. The number of hydrogen-bond donors (Lipinski definition) is 2. The Kier molecular flexibility index (Phi) is 3.66. The van der Waals surface area contributed by atoms with Crippen molar-refractivity contribution in [3.63, 3.8) is 0 Å². The zero-order valence-electron chi connectivity index (χ0n) is 11.5. The van der Waals surface area contributed by atoms with Crippen molar-refractivity contribution in [2.24, 2.45) is 0 Å². The van der Waals surface area contributed by atoms with Gasteiger partial charge in [0, 0.05) is 30.7 Å². The largest absolute Gasteiger partial charge is 0.399 e. The minimum Gasteiger partial charge on any atom is -0.399 e. The normalized spacial score (nSPS) is 20.1. The molecule has 6 nitrogen and oxygen atoms in total. The van der Waals surface area contributed by atoms with Gasteiger partial charge in [0.15, 0.2) is 0 Å². The first-order chi connectivity index (χ1) is 9.72. The molecular weight excluding hydrogens is 254 g/mol. The van der Waals surface area contributed by atoms with E-state index < -0.39 is 0 Å². The summed E-state index contributed by atoms with van der Waals surface area (Å²) in [5, 5.41) is 4.29. The standard InChI is InChI=1S/C14H19N5O/c1-19-4-5-20-11(8-19)7-16-14-12-6-10(15)2-3-13(12)17-9-18-14/h2-3,6,9,11H,4-5,7-8,15H2,1H3,(H,16,17,18). The van der Waals surface area contributed by atoms with Crippen molar-refractivity contribution >= 4 is 22.4 Å². The highest BCUT2D eigenvalue weighted by Gasteiger charge is 2.17. The lowest BCUT2D eigenvalue weighted by Crippen LogP contribution is -2.43. The molecule has 1 saturated heterocycles. The lowest BCUT2D eigenvalue weighted by molar-refractivity contribution is -0.0117. The van der Waals surface area contributed by atoms with Gasteiger partial charge in [-0.25, -0.2) is 9.97 Å². The van der Waals surface area contributed by atoms with Crippen molar-refractivity contribution in [1.29, 1.82) is 0 Å². The Morgan fingerprint density at radius 2 is 2.35 bits per heavy atom. The maximum atomic E-state index is 5.84. The molecule has 1 aromatic heterocycles. The van der Waals surface area contributed by atoms with Crippen LogP contribution in [0.2, 0.25) is 0 Å². The van der Waals surface area contributed by atoms with E-state index in [0.29, 0.717) is 5.69 Å². The number of nitrogen functional groups attached to an aromatic ring is 1. The predicted octanol–water partition coefficient (Wildman–Crippen LogP) is 0.954. The summed E-state index contributed by atoms with van der Waals surface area (Å²) in [6.07, 6.45) is 1.74. The second-order valence-corrected chi connectivity index (χ2v) is 5.13. The van der Waals surface area contributed by atoms with Gasteiger partial charge in [-0.15, -0.1) is 0 Å². The molecule has 1 unspecified atom stereocenters. The molecule has 0 radical (unpaired) electrons. The third-order valence-corrected chi connectivity index (χ3v) is 3.50. The number of rotatable bonds is 3. The number of anilines is 2. The summed E-state index contributed by atoms with van der Waals surface area (Å²) in [6, 6.07) is 5.65. The second-order valence-electron chi connectivity index (χ2n) is 5.13. The third-order valence-electron chi connectivity index (χ3n) is 3.50. The summed E-state index contributed by atoms with van der Waals surface area (Å²) in [6.45, 7) is 3.42. The number of hydrogen-bond acceptors (Lipinski definition) is 6. The van der Waals surface area contributed by atoms with E-state index in [4.69, 9.17) is 10.5 Å². The fourth-order valence-electron chi connectivity index (χ4n) is 2.42. The summed E-state index contributed by atoms with van der Waals surface area (Å²) >= 11 is 0. The van der Waals surface area contributed by atoms with Crippen molar-refractivity contribution in [3.05, 3.63) is 24.5 Å². The molecule has 3 N–H and O–H groups in total. The smallest absolute Gasteiger partial charge is 0.137 e. The zero-order chi connectivity index (χ0) is 13.9. The van der Waals surface area contributed by atoms with Crippen LogP contribution in [0.15, 0.2) is 24.5 Å². The minimum atomic E-state index is 0.180. The number of nitrogens with two attached hydrogens (primary N) is 1. The van der Waals surface area contributed by atoms with Crippen LogP contribution >= 0.6 is 0 Å². The first-order valence-electron chi connectivity index (χ1n) is 6.76. The lowest BCUT2D eigenvalue weighted by atomic mass is 10.2. The minimum absolute atomic E-state index is 0.180. The summed E-state index contributed by atoms with van der Waals surface area (Å²) in [4.78, 5) is 10.8. The summed E-state index contributed by atoms with van der Waals surface area (Å²) in [7, 11) is 2.11. The Bertz CT molecular complexity index is 603. The average Bonchev–Trinajstić information content (AvgIpc) is 2.45. The molecule has 20 heavy (non-hydrogen) atoms. The molecule has 0 spiro atoms. The van der Waals surface area contributed by atoms with Gasteiger partial charge in [-0.3, -0.25) is 0 Å². The van der Waals surface area contributed by atoms with E-state index in [9.17, 15) is 0 Å². The first kappa shape index (κ1) is 13.1. The summed E-state index contributed by atoms with van der Waals surface area (Å²) in [5.41, 5.74) is 7.43. The Morgan fingerprint density at radius 3 is 3.20 bits per heavy atom. The van der Waals surface area contributed by atoms with Gasteiger partial charge in [-0.2, -0.15) is 0 Å². The maximum Gasteiger partial charge on any atom is 0.137 e. The number of nitrogens with one attached hydrogen (secondary N) is 1. The number of fused-ring (bicyclic) bond motifs is 1. The molecule has 1 atom stereocenters. The van der Waals surface area contributed by atoms with Crippen molar-refractivity contribution in [2.45, 2.75) is 6.10 Å². The van der Waals surface area contributed by atoms with Crippen LogP contribution in [0.3, 0.4) is 0 Å². The van der Waals surface area contributed by atoms with Crippen LogP contribution in [0, 0.1) is 0 Å². The van der Waals surface area contributed by atoms with Gasteiger partial charge < -0.3 is 20.7 Å². The van der Waals surface area contributed by atoms with Crippen LogP contribution in [-0.2, 0) is 4.74 Å². The van der Waals surface area contributed by atoms with Crippen molar-refractivity contribution in [2.75, 3.05) is 44.3 Å². The van der Waals surface area contributed by atoms with E-state index in [-0.39, 0.29) is 6.10 Å². The predicted molar refractivity (Wildman–Crippen MR) is 79.7 cm³/mol. The van der Waals surface area contributed by atoms with E-state index in [2.05, 4.69) is 27.2 Å². The van der Waals surface area contributed by atoms with Crippen LogP contribution in [0.4, 0.5) is 11.5 Å². The number of aromatic nitrogens is 2. The lowest BCUT2D eigenvalue weighted by Gasteiger charge is -2.30. The van der Waals surface area contributed by atoms with Gasteiger partial charge in [0.25, 0.3) is 0 Å². The van der Waals surface area contributed by atoms with E-state index in [1.165, 1.54) is 0 Å². The molecule has 6 heteroatoms. The molecular formula is C14H19N5O. The molecule has 0 aliphatic carbocycles. The Morgan fingerprint density at radius 1 is 1.45 bits per heavy atom. The first-order valence-corrected chi connectivity index (χ1v) is 6.76. The summed E-state index contributed by atoms with van der Waals surface area (Å²) in [5.74, 6) is 0.805. The number of ether oxygens (including phenoxy) is 1. The molecule has 0 bridgehead atoms. The van der Waals surface area contributed by atoms with E-state index in [1.807, 2.05) is 18.2 Å². The third kappa shape index (κ3) is 2.81. The molecule has 1 fully saturated rings. The monoisotopic (exact) mass is 273 g/mol. The van der Waals surface area contributed by atoms with Gasteiger partial charge >= 0.3 is 0 Å². The molecule has 106 valence electrons. The molecule has 3 rings (SSSR count). The fraction of sp³-hybridized carbons (Fsp3) is 0.429.